The Labute approximate surface area is 145 Å². The lowest BCUT2D eigenvalue weighted by molar-refractivity contribution is 0.414. The van der Waals surface area contributed by atoms with Gasteiger partial charge in [-0.25, -0.2) is 0 Å². The molecular formula is C19H20N4O2. The first kappa shape index (κ1) is 16.7. The zero-order chi connectivity index (χ0) is 17.8. The Morgan fingerprint density at radius 2 is 1.72 bits per heavy atom. The predicted octanol–water partition coefficient (Wildman–Crippen LogP) is 3.12. The van der Waals surface area contributed by atoms with Crippen molar-refractivity contribution in [3.05, 3.63) is 75.2 Å². The third-order valence-electron chi connectivity index (χ3n) is 4.02. The van der Waals surface area contributed by atoms with Crippen molar-refractivity contribution in [1.29, 1.82) is 0 Å². The number of nitrogens with zero attached hydrogens (tertiary/aromatic N) is 2. The van der Waals surface area contributed by atoms with Crippen LogP contribution in [0.15, 0.2) is 47.3 Å². The van der Waals surface area contributed by atoms with Crippen molar-refractivity contribution < 1.29 is 4.74 Å². The van der Waals surface area contributed by atoms with Gasteiger partial charge >= 0.3 is 0 Å². The van der Waals surface area contributed by atoms with Crippen molar-refractivity contribution in [1.82, 2.24) is 15.2 Å². The average molecular weight is 336 g/mol. The van der Waals surface area contributed by atoms with E-state index in [2.05, 4.69) is 20.5 Å². The second-order valence-electron chi connectivity index (χ2n) is 5.87. The Morgan fingerprint density at radius 3 is 2.32 bits per heavy atom. The summed E-state index contributed by atoms with van der Waals surface area (Å²) in [6, 6.07) is 13.5. The monoisotopic (exact) mass is 336 g/mol. The number of rotatable bonds is 5. The first-order valence-corrected chi connectivity index (χ1v) is 7.99. The molecule has 0 unspecified atom stereocenters. The summed E-state index contributed by atoms with van der Waals surface area (Å²) in [4.78, 5) is 15.1. The molecule has 1 aromatic heterocycles. The molecule has 0 saturated heterocycles. The molecule has 6 heteroatoms. The van der Waals surface area contributed by atoms with E-state index in [4.69, 9.17) is 4.74 Å². The fourth-order valence-corrected chi connectivity index (χ4v) is 2.60. The highest BCUT2D eigenvalue weighted by molar-refractivity contribution is 5.62. The number of ether oxygens (including phenoxy) is 1. The third-order valence-corrected chi connectivity index (χ3v) is 4.02. The highest BCUT2D eigenvalue weighted by Gasteiger charge is 2.08. The van der Waals surface area contributed by atoms with Crippen molar-refractivity contribution in [3.8, 4) is 5.75 Å². The molecule has 2 N–H and O–H groups in total. The SMILES string of the molecule is COc1ccc(Cc2nnc(Nc3c(C)cccc3C)[nH]c2=O)cc1. The summed E-state index contributed by atoms with van der Waals surface area (Å²) in [7, 11) is 1.62. The number of hydrogen-bond acceptors (Lipinski definition) is 5. The number of para-hydroxylation sites is 1. The fourth-order valence-electron chi connectivity index (χ4n) is 2.60. The highest BCUT2D eigenvalue weighted by Crippen LogP contribution is 2.21. The summed E-state index contributed by atoms with van der Waals surface area (Å²) >= 11 is 0. The molecule has 0 atom stereocenters. The molecule has 3 rings (SSSR count). The van der Waals surface area contributed by atoms with Crippen LogP contribution in [-0.4, -0.2) is 22.3 Å². The van der Waals surface area contributed by atoms with E-state index in [1.165, 1.54) is 0 Å². The highest BCUT2D eigenvalue weighted by atomic mass is 16.5. The van der Waals surface area contributed by atoms with E-state index in [1.54, 1.807) is 7.11 Å². The van der Waals surface area contributed by atoms with Gasteiger partial charge in [0.2, 0.25) is 5.95 Å². The van der Waals surface area contributed by atoms with Gasteiger partial charge in [0, 0.05) is 12.1 Å². The zero-order valence-electron chi connectivity index (χ0n) is 14.5. The fraction of sp³-hybridized carbons (Fsp3) is 0.211. The maximum atomic E-state index is 12.3. The van der Waals surface area contributed by atoms with Crippen molar-refractivity contribution >= 4 is 11.6 Å². The molecule has 128 valence electrons. The van der Waals surface area contributed by atoms with Gasteiger partial charge in [0.15, 0.2) is 0 Å². The van der Waals surface area contributed by atoms with Gasteiger partial charge in [-0.05, 0) is 42.7 Å². The third kappa shape index (κ3) is 3.85. The summed E-state index contributed by atoms with van der Waals surface area (Å²) in [5.74, 6) is 1.11. The van der Waals surface area contributed by atoms with Gasteiger partial charge < -0.3 is 10.1 Å². The van der Waals surface area contributed by atoms with E-state index in [1.807, 2.05) is 56.3 Å². The van der Waals surface area contributed by atoms with Crippen LogP contribution in [0, 0.1) is 13.8 Å². The number of H-pyrrole nitrogens is 1. The number of aryl methyl sites for hydroxylation is 2. The number of nitrogens with one attached hydrogen (secondary N) is 2. The quantitative estimate of drug-likeness (QED) is 0.748. The number of methoxy groups -OCH3 is 1. The van der Waals surface area contributed by atoms with Crippen LogP contribution >= 0.6 is 0 Å². The van der Waals surface area contributed by atoms with Crippen molar-refractivity contribution in [2.24, 2.45) is 0 Å². The molecule has 0 bridgehead atoms. The van der Waals surface area contributed by atoms with Gasteiger partial charge in [0.1, 0.15) is 11.4 Å². The Balaban J connectivity index is 1.79. The summed E-state index contributed by atoms with van der Waals surface area (Å²) in [5.41, 5.74) is 4.16. The smallest absolute Gasteiger partial charge is 0.274 e. The molecule has 3 aromatic rings. The normalized spacial score (nSPS) is 10.5. The van der Waals surface area contributed by atoms with Gasteiger partial charge in [-0.15, -0.1) is 10.2 Å². The molecule has 0 fully saturated rings. The van der Waals surface area contributed by atoms with Crippen LogP contribution in [-0.2, 0) is 6.42 Å². The number of benzene rings is 2. The van der Waals surface area contributed by atoms with Crippen LogP contribution in [0.2, 0.25) is 0 Å². The first-order chi connectivity index (χ1) is 12.1. The standard InChI is InChI=1S/C19H20N4O2/c1-12-5-4-6-13(2)17(12)20-19-21-18(24)16(22-23-19)11-14-7-9-15(25-3)10-8-14/h4-10H,11H2,1-3H3,(H2,20,21,23,24). The van der Waals surface area contributed by atoms with Crippen LogP contribution in [0.4, 0.5) is 11.6 Å². The summed E-state index contributed by atoms with van der Waals surface area (Å²) < 4.78 is 5.13. The average Bonchev–Trinajstić information content (AvgIpc) is 2.61. The maximum Gasteiger partial charge on any atom is 0.274 e. The molecule has 0 saturated carbocycles. The maximum absolute atomic E-state index is 12.3. The van der Waals surface area contributed by atoms with Gasteiger partial charge in [0.25, 0.3) is 5.56 Å². The second kappa shape index (κ2) is 7.17. The number of anilines is 2. The van der Waals surface area contributed by atoms with Crippen LogP contribution in [0.3, 0.4) is 0 Å². The zero-order valence-corrected chi connectivity index (χ0v) is 14.5. The topological polar surface area (TPSA) is 79.9 Å². The Hall–Kier alpha value is -3.15. The minimum atomic E-state index is -0.250. The van der Waals surface area contributed by atoms with Gasteiger partial charge in [-0.3, -0.25) is 9.78 Å². The molecule has 0 spiro atoms. The van der Waals surface area contributed by atoms with Crippen LogP contribution in [0.1, 0.15) is 22.4 Å². The molecule has 25 heavy (non-hydrogen) atoms. The lowest BCUT2D eigenvalue weighted by atomic mass is 10.1. The van der Waals surface area contributed by atoms with E-state index in [-0.39, 0.29) is 5.56 Å². The van der Waals surface area contributed by atoms with Gasteiger partial charge in [-0.2, -0.15) is 0 Å². The second-order valence-corrected chi connectivity index (χ2v) is 5.87. The molecule has 0 amide bonds. The minimum Gasteiger partial charge on any atom is -0.497 e. The van der Waals surface area contributed by atoms with E-state index in [9.17, 15) is 4.79 Å². The van der Waals surface area contributed by atoms with E-state index < -0.39 is 0 Å². The van der Waals surface area contributed by atoms with E-state index >= 15 is 0 Å². The van der Waals surface area contributed by atoms with Crippen molar-refractivity contribution in [3.63, 3.8) is 0 Å². The lowest BCUT2D eigenvalue weighted by Crippen LogP contribution is -2.19. The Bertz CT molecular complexity index is 913. The minimum absolute atomic E-state index is 0.250. The van der Waals surface area contributed by atoms with E-state index in [0.717, 1.165) is 28.1 Å². The summed E-state index contributed by atoms with van der Waals surface area (Å²) in [6.45, 7) is 4.00. The molecule has 0 aliphatic heterocycles. The summed E-state index contributed by atoms with van der Waals surface area (Å²) in [5, 5.41) is 11.3. The van der Waals surface area contributed by atoms with Crippen LogP contribution in [0.5, 0.6) is 5.75 Å². The van der Waals surface area contributed by atoms with E-state index in [0.29, 0.717) is 18.1 Å². The molecule has 0 radical (unpaired) electrons. The van der Waals surface area contributed by atoms with Crippen LogP contribution in [0.25, 0.3) is 0 Å². The molecular weight excluding hydrogens is 316 g/mol. The molecule has 2 aromatic carbocycles. The molecule has 1 heterocycles. The van der Waals surface area contributed by atoms with Crippen molar-refractivity contribution in [2.75, 3.05) is 12.4 Å². The Kier molecular flexibility index (Phi) is 4.79. The van der Waals surface area contributed by atoms with Gasteiger partial charge in [0.05, 0.1) is 7.11 Å². The van der Waals surface area contributed by atoms with Crippen LogP contribution < -0.4 is 15.6 Å². The first-order valence-electron chi connectivity index (χ1n) is 7.99. The number of aromatic amines is 1. The molecule has 6 nitrogen and oxygen atoms in total. The Morgan fingerprint density at radius 1 is 1.04 bits per heavy atom. The largest absolute Gasteiger partial charge is 0.497 e. The van der Waals surface area contributed by atoms with Gasteiger partial charge in [-0.1, -0.05) is 30.3 Å². The predicted molar refractivity (Wildman–Crippen MR) is 97.7 cm³/mol. The van der Waals surface area contributed by atoms with Crippen molar-refractivity contribution in [2.45, 2.75) is 20.3 Å². The molecule has 0 aliphatic carbocycles. The lowest BCUT2D eigenvalue weighted by Gasteiger charge is -2.11. The molecule has 0 aliphatic rings. The number of hydrogen-bond donors (Lipinski definition) is 2. The summed E-state index contributed by atoms with van der Waals surface area (Å²) in [6.07, 6.45) is 0.413. The number of aromatic nitrogens is 3.